The van der Waals surface area contributed by atoms with Crippen molar-refractivity contribution < 1.29 is 18.3 Å². The fourth-order valence-corrected chi connectivity index (χ4v) is 2.35. The van der Waals surface area contributed by atoms with E-state index in [9.17, 15) is 13.6 Å². The molecule has 1 heterocycles. The molecule has 19 heavy (non-hydrogen) atoms. The largest absolute Gasteiger partial charge is 0.435 e. The van der Waals surface area contributed by atoms with Crippen molar-refractivity contribution in [3.63, 3.8) is 0 Å². The van der Waals surface area contributed by atoms with E-state index in [-0.39, 0.29) is 17.4 Å². The first-order chi connectivity index (χ1) is 9.10. The maximum atomic E-state index is 12.0. The number of rotatable bonds is 5. The summed E-state index contributed by atoms with van der Waals surface area (Å²) in [4.78, 5) is 15.5. The van der Waals surface area contributed by atoms with E-state index in [0.29, 0.717) is 10.7 Å². The molecular weight excluding hydrogens is 296 g/mol. The van der Waals surface area contributed by atoms with Crippen LogP contribution >= 0.6 is 22.9 Å². The summed E-state index contributed by atoms with van der Waals surface area (Å²) in [5.41, 5.74) is 1.03. The molecule has 2 aromatic rings. The summed E-state index contributed by atoms with van der Waals surface area (Å²) in [6, 6.07) is 6.05. The van der Waals surface area contributed by atoms with E-state index < -0.39 is 6.61 Å². The van der Waals surface area contributed by atoms with Crippen molar-refractivity contribution in [3.8, 4) is 16.3 Å². The molecule has 0 aliphatic rings. The lowest BCUT2D eigenvalue weighted by molar-refractivity contribution is -0.0498. The zero-order valence-electron chi connectivity index (χ0n) is 9.48. The van der Waals surface area contributed by atoms with Crippen LogP contribution in [0.1, 0.15) is 10.5 Å². The summed E-state index contributed by atoms with van der Waals surface area (Å²) >= 11 is 6.73. The number of aromatic nitrogens is 1. The van der Waals surface area contributed by atoms with Crippen LogP contribution in [0.4, 0.5) is 8.78 Å². The van der Waals surface area contributed by atoms with Crippen molar-refractivity contribution >= 4 is 28.7 Å². The highest BCUT2D eigenvalue weighted by Crippen LogP contribution is 2.26. The fraction of sp³-hybridized carbons (Fsp3) is 0.167. The highest BCUT2D eigenvalue weighted by Gasteiger charge is 2.11. The third-order valence-electron chi connectivity index (χ3n) is 2.24. The Morgan fingerprint density at radius 3 is 2.63 bits per heavy atom. The number of hydrogen-bond donors (Lipinski definition) is 0. The molecule has 7 heteroatoms. The smallest absolute Gasteiger partial charge is 0.387 e. The summed E-state index contributed by atoms with van der Waals surface area (Å²) in [6.07, 6.45) is 0. The van der Waals surface area contributed by atoms with Gasteiger partial charge in [0, 0.05) is 10.9 Å². The first kappa shape index (κ1) is 13.9. The van der Waals surface area contributed by atoms with Crippen molar-refractivity contribution in [3.05, 3.63) is 35.3 Å². The molecule has 0 spiro atoms. The zero-order chi connectivity index (χ0) is 13.8. The highest BCUT2D eigenvalue weighted by atomic mass is 35.5. The lowest BCUT2D eigenvalue weighted by Gasteiger charge is -2.04. The quantitative estimate of drug-likeness (QED) is 0.622. The number of halogens is 3. The molecule has 1 aromatic heterocycles. The van der Waals surface area contributed by atoms with E-state index in [0.717, 1.165) is 5.56 Å². The molecule has 0 saturated carbocycles. The first-order valence-corrected chi connectivity index (χ1v) is 6.61. The van der Waals surface area contributed by atoms with Crippen LogP contribution in [0.5, 0.6) is 5.75 Å². The maximum absolute atomic E-state index is 12.0. The van der Waals surface area contributed by atoms with Crippen LogP contribution < -0.4 is 4.74 Å². The Hall–Kier alpha value is -1.53. The Labute approximate surface area is 116 Å². The van der Waals surface area contributed by atoms with Gasteiger partial charge in [0.15, 0.2) is 5.78 Å². The zero-order valence-corrected chi connectivity index (χ0v) is 11.0. The summed E-state index contributed by atoms with van der Waals surface area (Å²) in [6.45, 7) is -2.85. The van der Waals surface area contributed by atoms with Gasteiger partial charge in [-0.2, -0.15) is 8.78 Å². The van der Waals surface area contributed by atoms with Crippen LogP contribution in [-0.4, -0.2) is 23.3 Å². The SMILES string of the molecule is O=C(CCl)c1csc(-c2ccc(OC(F)F)cc2)n1. The number of Topliss-reactive ketones (excluding diaryl/α,β-unsaturated/α-hetero) is 1. The van der Waals surface area contributed by atoms with Gasteiger partial charge in [-0.3, -0.25) is 4.79 Å². The number of carbonyl (C=O) groups excluding carboxylic acids is 1. The summed E-state index contributed by atoms with van der Waals surface area (Å²) in [5, 5.41) is 2.24. The molecule has 100 valence electrons. The normalized spacial score (nSPS) is 10.7. The monoisotopic (exact) mass is 303 g/mol. The van der Waals surface area contributed by atoms with Gasteiger partial charge in [-0.1, -0.05) is 0 Å². The van der Waals surface area contributed by atoms with Crippen molar-refractivity contribution in [1.29, 1.82) is 0 Å². The van der Waals surface area contributed by atoms with Gasteiger partial charge in [-0.25, -0.2) is 4.98 Å². The molecule has 0 aliphatic carbocycles. The molecule has 0 aliphatic heterocycles. The van der Waals surface area contributed by atoms with E-state index in [1.54, 1.807) is 17.5 Å². The lowest BCUT2D eigenvalue weighted by Crippen LogP contribution is -2.01. The summed E-state index contributed by atoms with van der Waals surface area (Å²) in [5.74, 6) is -0.293. The van der Waals surface area contributed by atoms with Crippen molar-refractivity contribution in [2.75, 3.05) is 5.88 Å². The topological polar surface area (TPSA) is 39.2 Å². The van der Waals surface area contributed by atoms with Crippen molar-refractivity contribution in [2.45, 2.75) is 6.61 Å². The predicted molar refractivity (Wildman–Crippen MR) is 69.2 cm³/mol. The molecule has 0 fully saturated rings. The molecule has 1 aromatic carbocycles. The molecule has 0 N–H and O–H groups in total. The number of benzene rings is 1. The molecule has 0 saturated heterocycles. The van der Waals surface area contributed by atoms with Gasteiger partial charge in [0.05, 0.1) is 5.88 Å². The van der Waals surface area contributed by atoms with Gasteiger partial charge in [-0.05, 0) is 24.3 Å². The molecule has 2 rings (SSSR count). The van der Waals surface area contributed by atoms with Crippen LogP contribution in [0.2, 0.25) is 0 Å². The van der Waals surface area contributed by atoms with Crippen molar-refractivity contribution in [1.82, 2.24) is 4.98 Å². The number of thiazole rings is 1. The highest BCUT2D eigenvalue weighted by molar-refractivity contribution is 7.13. The number of ether oxygens (including phenoxy) is 1. The Bertz CT molecular complexity index is 571. The van der Waals surface area contributed by atoms with Crippen LogP contribution in [0.3, 0.4) is 0 Å². The number of hydrogen-bond acceptors (Lipinski definition) is 4. The standard InChI is InChI=1S/C12H8ClF2NO2S/c13-5-10(17)9-6-19-11(16-9)7-1-3-8(4-2-7)18-12(14)15/h1-4,6,12H,5H2. The molecule has 3 nitrogen and oxygen atoms in total. The van der Waals surface area contributed by atoms with Gasteiger partial charge in [0.1, 0.15) is 16.5 Å². The molecule has 0 amide bonds. The van der Waals surface area contributed by atoms with Gasteiger partial charge < -0.3 is 4.74 Å². The second-order valence-electron chi connectivity index (χ2n) is 3.50. The minimum Gasteiger partial charge on any atom is -0.435 e. The lowest BCUT2D eigenvalue weighted by atomic mass is 10.2. The van der Waals surface area contributed by atoms with E-state index in [2.05, 4.69) is 9.72 Å². The van der Waals surface area contributed by atoms with Crippen LogP contribution in [-0.2, 0) is 0 Å². The second-order valence-corrected chi connectivity index (χ2v) is 4.62. The minimum atomic E-state index is -2.85. The third-order valence-corrected chi connectivity index (χ3v) is 3.37. The first-order valence-electron chi connectivity index (χ1n) is 5.20. The molecular formula is C12H8ClF2NO2S. The molecule has 0 bridgehead atoms. The number of alkyl halides is 3. The van der Waals surface area contributed by atoms with E-state index in [4.69, 9.17) is 11.6 Å². The summed E-state index contributed by atoms with van der Waals surface area (Å²) in [7, 11) is 0. The Morgan fingerprint density at radius 2 is 2.05 bits per heavy atom. The van der Waals surface area contributed by atoms with E-state index in [1.807, 2.05) is 0 Å². The van der Waals surface area contributed by atoms with Gasteiger partial charge in [-0.15, -0.1) is 22.9 Å². The molecule has 0 unspecified atom stereocenters. The average molecular weight is 304 g/mol. The third kappa shape index (κ3) is 3.48. The average Bonchev–Trinajstić information content (AvgIpc) is 2.87. The van der Waals surface area contributed by atoms with Gasteiger partial charge in [0.25, 0.3) is 0 Å². The van der Waals surface area contributed by atoms with Gasteiger partial charge in [0.2, 0.25) is 0 Å². The van der Waals surface area contributed by atoms with Gasteiger partial charge >= 0.3 is 6.61 Å². The van der Waals surface area contributed by atoms with Crippen LogP contribution in [0.15, 0.2) is 29.6 Å². The number of ketones is 1. The number of nitrogens with zero attached hydrogens (tertiary/aromatic N) is 1. The predicted octanol–water partition coefficient (Wildman–Crippen LogP) is 3.83. The maximum Gasteiger partial charge on any atom is 0.387 e. The van der Waals surface area contributed by atoms with E-state index >= 15 is 0 Å². The van der Waals surface area contributed by atoms with Crippen molar-refractivity contribution in [2.24, 2.45) is 0 Å². The Balaban J connectivity index is 2.18. The Morgan fingerprint density at radius 1 is 1.37 bits per heavy atom. The van der Waals surface area contributed by atoms with Crippen LogP contribution in [0, 0.1) is 0 Å². The fourth-order valence-electron chi connectivity index (χ4n) is 1.38. The second kappa shape index (κ2) is 6.08. The molecule has 0 atom stereocenters. The summed E-state index contributed by atoms with van der Waals surface area (Å²) < 4.78 is 28.2. The van der Waals surface area contributed by atoms with Crippen LogP contribution in [0.25, 0.3) is 10.6 Å². The Kier molecular flexibility index (Phi) is 4.44. The number of carbonyl (C=O) groups is 1. The van der Waals surface area contributed by atoms with E-state index in [1.165, 1.54) is 23.5 Å². The molecule has 0 radical (unpaired) electrons. The minimum absolute atomic E-state index is 0.0763.